The van der Waals surface area contributed by atoms with Crippen LogP contribution in [-0.2, 0) is 16.1 Å². The molecular formula is C19H26N4O2. The molecule has 1 aliphatic rings. The molecule has 0 radical (unpaired) electrons. The summed E-state index contributed by atoms with van der Waals surface area (Å²) >= 11 is 0. The van der Waals surface area contributed by atoms with Gasteiger partial charge in [0, 0.05) is 19.5 Å². The molecule has 6 heteroatoms. The van der Waals surface area contributed by atoms with Crippen LogP contribution in [0.2, 0.25) is 0 Å². The van der Waals surface area contributed by atoms with Crippen LogP contribution in [0.4, 0.5) is 0 Å². The predicted molar refractivity (Wildman–Crippen MR) is 97.0 cm³/mol. The van der Waals surface area contributed by atoms with E-state index in [1.165, 1.54) is 13.3 Å². The van der Waals surface area contributed by atoms with Gasteiger partial charge in [0.25, 0.3) is 0 Å². The van der Waals surface area contributed by atoms with Gasteiger partial charge in [0.05, 0.1) is 17.1 Å². The van der Waals surface area contributed by atoms with Gasteiger partial charge in [-0.05, 0) is 45.2 Å². The van der Waals surface area contributed by atoms with Crippen LogP contribution in [0.5, 0.6) is 0 Å². The maximum atomic E-state index is 12.9. The Kier molecular flexibility index (Phi) is 5.06. The number of amides is 2. The molecule has 3 rings (SSSR count). The number of piperidine rings is 1. The van der Waals surface area contributed by atoms with Crippen LogP contribution in [0, 0.1) is 0 Å². The molecule has 25 heavy (non-hydrogen) atoms. The molecule has 1 aromatic heterocycles. The van der Waals surface area contributed by atoms with Crippen molar-refractivity contribution < 1.29 is 9.59 Å². The van der Waals surface area contributed by atoms with Gasteiger partial charge in [0.2, 0.25) is 11.8 Å². The van der Waals surface area contributed by atoms with Gasteiger partial charge in [0.1, 0.15) is 12.4 Å². The Balaban J connectivity index is 1.93. The normalized spacial score (nSPS) is 19.0. The molecule has 0 spiro atoms. The van der Waals surface area contributed by atoms with Crippen molar-refractivity contribution in [2.75, 3.05) is 6.54 Å². The maximum absolute atomic E-state index is 12.9. The van der Waals surface area contributed by atoms with E-state index in [0.29, 0.717) is 0 Å². The van der Waals surface area contributed by atoms with Crippen LogP contribution in [0.25, 0.3) is 11.0 Å². The van der Waals surface area contributed by atoms with Crippen molar-refractivity contribution in [1.29, 1.82) is 0 Å². The predicted octanol–water partition coefficient (Wildman–Crippen LogP) is 2.63. The number of imidazole rings is 1. The van der Waals surface area contributed by atoms with Crippen molar-refractivity contribution in [1.82, 2.24) is 19.8 Å². The van der Waals surface area contributed by atoms with Gasteiger partial charge < -0.3 is 14.8 Å². The summed E-state index contributed by atoms with van der Waals surface area (Å²) in [5.74, 6) is 0.725. The maximum Gasteiger partial charge on any atom is 0.242 e. The Morgan fingerprint density at radius 1 is 1.32 bits per heavy atom. The van der Waals surface area contributed by atoms with Gasteiger partial charge in [-0.3, -0.25) is 9.59 Å². The second-order valence-electron chi connectivity index (χ2n) is 6.90. The lowest BCUT2D eigenvalue weighted by Crippen LogP contribution is -2.43. The zero-order valence-corrected chi connectivity index (χ0v) is 15.2. The van der Waals surface area contributed by atoms with Crippen LogP contribution in [0.3, 0.4) is 0 Å². The fourth-order valence-electron chi connectivity index (χ4n) is 3.66. The summed E-state index contributed by atoms with van der Waals surface area (Å²) in [7, 11) is 0. The first-order valence-corrected chi connectivity index (χ1v) is 8.99. The van der Waals surface area contributed by atoms with E-state index in [9.17, 15) is 9.59 Å². The minimum atomic E-state index is -0.253. The van der Waals surface area contributed by atoms with Gasteiger partial charge in [-0.2, -0.15) is 0 Å². The van der Waals surface area contributed by atoms with Gasteiger partial charge in [-0.15, -0.1) is 0 Å². The standard InChI is InChI=1S/C19H26N4O2/c1-13-8-6-7-11-22(13)18(25)12-23-17-10-5-4-9-16(17)21-19(23)14(2)20-15(3)24/h4-5,9-10,13-14H,6-8,11-12H2,1-3H3,(H,20,24). The summed E-state index contributed by atoms with van der Waals surface area (Å²) in [5, 5.41) is 2.87. The first-order valence-electron chi connectivity index (χ1n) is 8.99. The van der Waals surface area contributed by atoms with Gasteiger partial charge in [-0.1, -0.05) is 12.1 Å². The summed E-state index contributed by atoms with van der Waals surface area (Å²) in [6, 6.07) is 7.81. The number of nitrogens with zero attached hydrogens (tertiary/aromatic N) is 3. The largest absolute Gasteiger partial charge is 0.347 e. The number of aromatic nitrogens is 2. The Labute approximate surface area is 148 Å². The molecule has 134 valence electrons. The fourth-order valence-corrected chi connectivity index (χ4v) is 3.66. The van der Waals surface area contributed by atoms with E-state index in [1.54, 1.807) is 0 Å². The summed E-state index contributed by atoms with van der Waals surface area (Å²) in [6.45, 7) is 6.58. The highest BCUT2D eigenvalue weighted by atomic mass is 16.2. The van der Waals surface area contributed by atoms with Crippen molar-refractivity contribution in [3.63, 3.8) is 0 Å². The molecule has 1 aliphatic heterocycles. The molecule has 0 aliphatic carbocycles. The third kappa shape index (κ3) is 3.67. The summed E-state index contributed by atoms with van der Waals surface area (Å²) in [6.07, 6.45) is 3.31. The molecule has 1 saturated heterocycles. The number of para-hydroxylation sites is 2. The molecule has 2 amide bonds. The van der Waals surface area contributed by atoms with E-state index in [2.05, 4.69) is 17.2 Å². The smallest absolute Gasteiger partial charge is 0.242 e. The van der Waals surface area contributed by atoms with E-state index in [0.717, 1.165) is 36.2 Å². The molecule has 6 nitrogen and oxygen atoms in total. The molecule has 0 bridgehead atoms. The first kappa shape index (κ1) is 17.5. The number of carbonyl (C=O) groups excluding carboxylic acids is 2. The fraction of sp³-hybridized carbons (Fsp3) is 0.526. The van der Waals surface area contributed by atoms with Crippen LogP contribution < -0.4 is 5.32 Å². The number of rotatable bonds is 4. The van der Waals surface area contributed by atoms with Crippen molar-refractivity contribution in [3.8, 4) is 0 Å². The molecule has 0 saturated carbocycles. The molecule has 1 fully saturated rings. The third-order valence-corrected chi connectivity index (χ3v) is 4.91. The Morgan fingerprint density at radius 2 is 2.08 bits per heavy atom. The number of hydrogen-bond acceptors (Lipinski definition) is 3. The zero-order valence-electron chi connectivity index (χ0n) is 15.2. The van der Waals surface area contributed by atoms with E-state index in [-0.39, 0.29) is 30.4 Å². The molecule has 2 heterocycles. The highest BCUT2D eigenvalue weighted by molar-refractivity contribution is 5.82. The summed E-state index contributed by atoms with van der Waals surface area (Å²) in [5.41, 5.74) is 1.77. The quantitative estimate of drug-likeness (QED) is 0.929. The lowest BCUT2D eigenvalue weighted by Gasteiger charge is -2.33. The van der Waals surface area contributed by atoms with Crippen LogP contribution >= 0.6 is 0 Å². The number of hydrogen-bond donors (Lipinski definition) is 1. The molecular weight excluding hydrogens is 316 g/mol. The first-order chi connectivity index (χ1) is 12.0. The van der Waals surface area contributed by atoms with E-state index in [1.807, 2.05) is 40.7 Å². The number of likely N-dealkylation sites (tertiary alicyclic amines) is 1. The lowest BCUT2D eigenvalue weighted by atomic mass is 10.0. The highest BCUT2D eigenvalue weighted by Crippen LogP contribution is 2.23. The summed E-state index contributed by atoms with van der Waals surface area (Å²) < 4.78 is 1.94. The van der Waals surface area contributed by atoms with Crippen molar-refractivity contribution in [2.45, 2.75) is 58.7 Å². The Morgan fingerprint density at radius 3 is 2.80 bits per heavy atom. The average Bonchev–Trinajstić information content (AvgIpc) is 2.93. The van der Waals surface area contributed by atoms with Gasteiger partial charge >= 0.3 is 0 Å². The number of carbonyl (C=O) groups is 2. The molecule has 2 unspecified atom stereocenters. The highest BCUT2D eigenvalue weighted by Gasteiger charge is 2.25. The number of benzene rings is 1. The van der Waals surface area contributed by atoms with Crippen LogP contribution in [-0.4, -0.2) is 38.9 Å². The molecule has 2 atom stereocenters. The third-order valence-electron chi connectivity index (χ3n) is 4.91. The molecule has 1 N–H and O–H groups in total. The van der Waals surface area contributed by atoms with Crippen molar-refractivity contribution in [2.24, 2.45) is 0 Å². The van der Waals surface area contributed by atoms with Gasteiger partial charge in [-0.25, -0.2) is 4.98 Å². The Hall–Kier alpha value is -2.37. The zero-order chi connectivity index (χ0) is 18.0. The van der Waals surface area contributed by atoms with Crippen LogP contribution in [0.15, 0.2) is 24.3 Å². The SMILES string of the molecule is CC(=O)NC(C)c1nc2ccccc2n1CC(=O)N1CCCCC1C. The number of nitrogens with one attached hydrogen (secondary N) is 1. The molecule has 1 aromatic carbocycles. The monoisotopic (exact) mass is 342 g/mol. The Bertz CT molecular complexity index is 783. The average molecular weight is 342 g/mol. The van der Waals surface area contributed by atoms with Crippen LogP contribution in [0.1, 0.15) is 51.9 Å². The summed E-state index contributed by atoms with van der Waals surface area (Å²) in [4.78, 5) is 31.0. The second-order valence-corrected chi connectivity index (χ2v) is 6.90. The van der Waals surface area contributed by atoms with E-state index in [4.69, 9.17) is 0 Å². The van der Waals surface area contributed by atoms with Gasteiger partial charge in [0.15, 0.2) is 0 Å². The van der Waals surface area contributed by atoms with E-state index < -0.39 is 0 Å². The minimum absolute atomic E-state index is 0.109. The van der Waals surface area contributed by atoms with Crippen molar-refractivity contribution in [3.05, 3.63) is 30.1 Å². The minimum Gasteiger partial charge on any atom is -0.347 e. The van der Waals surface area contributed by atoms with E-state index >= 15 is 0 Å². The van der Waals surface area contributed by atoms with Crippen molar-refractivity contribution >= 4 is 22.8 Å². The molecule has 2 aromatic rings. The lowest BCUT2D eigenvalue weighted by molar-refractivity contribution is -0.135. The second kappa shape index (κ2) is 7.25. The number of fused-ring (bicyclic) bond motifs is 1. The topological polar surface area (TPSA) is 67.2 Å².